The normalized spacial score (nSPS) is 16.1. The molecule has 1 aliphatic heterocycles. The molecule has 0 fully saturated rings. The molecule has 2 aliphatic rings. The van der Waals surface area contributed by atoms with Gasteiger partial charge in [-0.25, -0.2) is 0 Å². The summed E-state index contributed by atoms with van der Waals surface area (Å²) in [5.74, 6) is 0. The highest BCUT2D eigenvalue weighted by Gasteiger charge is 2.17. The van der Waals surface area contributed by atoms with Crippen molar-refractivity contribution < 1.29 is 4.74 Å². The third-order valence-electron chi connectivity index (χ3n) is 4.30. The second-order valence-corrected chi connectivity index (χ2v) is 9.21. The standard InChI is InChI=1S/C21H20ClNOS2/c1-23(2)10-11-24-13-16-8-6-14-4-3-5-18-20(21(14)25-16)17-9-7-15(22)12-19(17)26-18/h3-9,12H,10-11,13H2,1-2H3. The molecule has 2 heterocycles. The molecule has 0 N–H and O–H groups in total. The number of halogens is 1. The summed E-state index contributed by atoms with van der Waals surface area (Å²) in [6.07, 6.45) is 10.9. The first-order chi connectivity index (χ1) is 12.6. The fourth-order valence-corrected chi connectivity index (χ4v) is 5.57. The molecular formula is C21H20ClNOS2. The lowest BCUT2D eigenvalue weighted by molar-refractivity contribution is 0.140. The second kappa shape index (κ2) is 7.75. The summed E-state index contributed by atoms with van der Waals surface area (Å²) in [5, 5.41) is 3.38. The topological polar surface area (TPSA) is 12.5 Å². The van der Waals surface area contributed by atoms with E-state index in [-0.39, 0.29) is 0 Å². The summed E-state index contributed by atoms with van der Waals surface area (Å²) >= 11 is 9.83. The Morgan fingerprint density at radius 1 is 1.15 bits per heavy atom. The Morgan fingerprint density at radius 3 is 2.88 bits per heavy atom. The maximum absolute atomic E-state index is 6.20. The summed E-state index contributed by atoms with van der Waals surface area (Å²) < 4.78 is 8.38. The van der Waals surface area contributed by atoms with Gasteiger partial charge in [0.2, 0.25) is 0 Å². The molecule has 1 aromatic heterocycles. The number of thiophene rings is 1. The largest absolute Gasteiger partial charge is 0.375 e. The highest BCUT2D eigenvalue weighted by molar-refractivity contribution is 8.11. The van der Waals surface area contributed by atoms with E-state index in [4.69, 9.17) is 16.3 Å². The lowest BCUT2D eigenvalue weighted by atomic mass is 10.1. The predicted molar refractivity (Wildman–Crippen MR) is 116 cm³/mol. The van der Waals surface area contributed by atoms with E-state index in [1.54, 1.807) is 11.3 Å². The van der Waals surface area contributed by atoms with Crippen molar-refractivity contribution in [1.82, 2.24) is 4.90 Å². The van der Waals surface area contributed by atoms with Crippen LogP contribution in [0.4, 0.5) is 0 Å². The van der Waals surface area contributed by atoms with Crippen molar-refractivity contribution in [2.45, 2.75) is 0 Å². The lowest BCUT2D eigenvalue weighted by Crippen LogP contribution is -2.21. The maximum Gasteiger partial charge on any atom is 0.0779 e. The van der Waals surface area contributed by atoms with Crippen LogP contribution in [0.1, 0.15) is 0 Å². The van der Waals surface area contributed by atoms with Gasteiger partial charge in [-0.05, 0) is 44.0 Å². The smallest absolute Gasteiger partial charge is 0.0779 e. The van der Waals surface area contributed by atoms with Gasteiger partial charge < -0.3 is 9.64 Å². The Morgan fingerprint density at radius 2 is 2.04 bits per heavy atom. The van der Waals surface area contributed by atoms with Crippen LogP contribution in [-0.2, 0) is 4.74 Å². The number of ether oxygens (including phenoxy) is 1. The van der Waals surface area contributed by atoms with E-state index in [2.05, 4.69) is 61.5 Å². The molecule has 1 aliphatic carbocycles. The van der Waals surface area contributed by atoms with Gasteiger partial charge in [-0.1, -0.05) is 47.7 Å². The van der Waals surface area contributed by atoms with Gasteiger partial charge in [-0.3, -0.25) is 0 Å². The summed E-state index contributed by atoms with van der Waals surface area (Å²) in [6, 6.07) is 6.18. The van der Waals surface area contributed by atoms with Gasteiger partial charge in [-0.2, -0.15) is 0 Å². The number of likely N-dealkylation sites (N-methyl/N-ethyl adjacent to an activating group) is 1. The molecule has 0 saturated carbocycles. The van der Waals surface area contributed by atoms with E-state index >= 15 is 0 Å². The van der Waals surface area contributed by atoms with Crippen LogP contribution in [0.2, 0.25) is 5.02 Å². The molecule has 26 heavy (non-hydrogen) atoms. The molecule has 0 amide bonds. The number of allylic oxidation sites excluding steroid dienone is 4. The second-order valence-electron chi connectivity index (χ2n) is 6.55. The van der Waals surface area contributed by atoms with Crippen molar-refractivity contribution in [3.05, 3.63) is 67.8 Å². The van der Waals surface area contributed by atoms with Crippen molar-refractivity contribution >= 4 is 55.8 Å². The van der Waals surface area contributed by atoms with Crippen molar-refractivity contribution in [2.75, 3.05) is 33.9 Å². The Balaban J connectivity index is 1.72. The van der Waals surface area contributed by atoms with Crippen LogP contribution < -0.4 is 9.75 Å². The van der Waals surface area contributed by atoms with Gasteiger partial charge in [-0.15, -0.1) is 11.3 Å². The van der Waals surface area contributed by atoms with E-state index in [0.717, 1.165) is 18.2 Å². The van der Waals surface area contributed by atoms with Crippen LogP contribution in [0.5, 0.6) is 0 Å². The van der Waals surface area contributed by atoms with Crippen molar-refractivity contribution in [2.24, 2.45) is 0 Å². The Kier molecular flexibility index (Phi) is 5.39. The summed E-state index contributed by atoms with van der Waals surface area (Å²) in [4.78, 5) is 4.69. The molecule has 1 aromatic carbocycles. The molecule has 0 radical (unpaired) electrons. The number of hydrogen-bond donors (Lipinski definition) is 0. The quantitative estimate of drug-likeness (QED) is 0.698. The van der Waals surface area contributed by atoms with Crippen LogP contribution >= 0.6 is 34.7 Å². The molecular weight excluding hydrogens is 382 g/mol. The molecule has 134 valence electrons. The number of thioether (sulfide) groups is 1. The lowest BCUT2D eigenvalue weighted by Gasteiger charge is -2.16. The summed E-state index contributed by atoms with van der Waals surface area (Å²) in [6.45, 7) is 2.34. The fraction of sp³-hybridized carbons (Fsp3) is 0.238. The average Bonchev–Trinajstić information content (AvgIpc) is 2.86. The summed E-state index contributed by atoms with van der Waals surface area (Å²) in [7, 11) is 4.12. The van der Waals surface area contributed by atoms with Gasteiger partial charge >= 0.3 is 0 Å². The Bertz CT molecular complexity index is 1060. The first-order valence-electron chi connectivity index (χ1n) is 8.54. The first-order valence-corrected chi connectivity index (χ1v) is 10.6. The predicted octanol–water partition coefficient (Wildman–Crippen LogP) is 4.15. The number of rotatable bonds is 5. The zero-order valence-electron chi connectivity index (χ0n) is 14.8. The fourth-order valence-electron chi connectivity index (χ4n) is 2.99. The molecule has 0 atom stereocenters. The van der Waals surface area contributed by atoms with Crippen molar-refractivity contribution in [3.8, 4) is 0 Å². The minimum Gasteiger partial charge on any atom is -0.375 e. The maximum atomic E-state index is 6.20. The monoisotopic (exact) mass is 401 g/mol. The van der Waals surface area contributed by atoms with Crippen molar-refractivity contribution in [3.63, 3.8) is 0 Å². The molecule has 5 heteroatoms. The minimum absolute atomic E-state index is 0.655. The van der Waals surface area contributed by atoms with E-state index < -0.39 is 0 Å². The van der Waals surface area contributed by atoms with Crippen LogP contribution in [-0.4, -0.2) is 38.8 Å². The Hall–Kier alpha value is -1.30. The van der Waals surface area contributed by atoms with Crippen LogP contribution in [0.15, 0.2) is 53.0 Å². The van der Waals surface area contributed by atoms with Gasteiger partial charge in [0, 0.05) is 41.2 Å². The van der Waals surface area contributed by atoms with Crippen LogP contribution in [0.25, 0.3) is 21.1 Å². The number of fused-ring (bicyclic) bond motifs is 4. The molecule has 0 saturated heterocycles. The molecule has 2 nitrogen and oxygen atoms in total. The van der Waals surface area contributed by atoms with Crippen molar-refractivity contribution in [1.29, 1.82) is 0 Å². The molecule has 4 rings (SSSR count). The Labute approximate surface area is 166 Å². The number of nitrogens with zero attached hydrogens (tertiary/aromatic N) is 1. The van der Waals surface area contributed by atoms with E-state index in [0.29, 0.717) is 6.61 Å². The van der Waals surface area contributed by atoms with E-state index in [1.165, 1.54) is 35.2 Å². The van der Waals surface area contributed by atoms with E-state index in [9.17, 15) is 0 Å². The average molecular weight is 402 g/mol. The highest BCUT2D eigenvalue weighted by Crippen LogP contribution is 2.37. The zero-order chi connectivity index (χ0) is 18.1. The third-order valence-corrected chi connectivity index (χ3v) is 6.81. The number of benzene rings is 1. The van der Waals surface area contributed by atoms with E-state index in [1.807, 2.05) is 17.8 Å². The van der Waals surface area contributed by atoms with Gasteiger partial charge in [0.15, 0.2) is 0 Å². The third kappa shape index (κ3) is 3.71. The molecule has 0 spiro atoms. The van der Waals surface area contributed by atoms with Crippen LogP contribution in [0.3, 0.4) is 0 Å². The van der Waals surface area contributed by atoms with Gasteiger partial charge in [0.25, 0.3) is 0 Å². The highest BCUT2D eigenvalue weighted by atomic mass is 35.5. The van der Waals surface area contributed by atoms with Gasteiger partial charge in [0.1, 0.15) is 0 Å². The molecule has 0 bridgehead atoms. The SMILES string of the molecule is CN(C)CCOCC1=CC=C2C=CC=c3sc4cc(Cl)ccc4c3=C2S1. The van der Waals surface area contributed by atoms with Gasteiger partial charge in [0.05, 0.1) is 13.2 Å². The molecule has 2 aromatic rings. The molecule has 0 unspecified atom stereocenters. The number of hydrogen-bond acceptors (Lipinski definition) is 4. The zero-order valence-corrected chi connectivity index (χ0v) is 17.2. The summed E-state index contributed by atoms with van der Waals surface area (Å²) in [5.41, 5.74) is 1.26. The minimum atomic E-state index is 0.655. The van der Waals surface area contributed by atoms with Crippen LogP contribution in [0, 0.1) is 0 Å². The first kappa shape index (κ1) is 18.1.